The fourth-order valence-electron chi connectivity index (χ4n) is 1.97. The zero-order chi connectivity index (χ0) is 15.1. The van der Waals surface area contributed by atoms with E-state index in [4.69, 9.17) is 4.84 Å². The SMILES string of the molecule is FC(F)(F)Oc1cccc(CO/N=[C]\C2=CCCCC2)c1. The smallest absolute Gasteiger partial charge is 0.406 e. The molecule has 1 aliphatic carbocycles. The first-order chi connectivity index (χ1) is 10.0. The predicted octanol–water partition coefficient (Wildman–Crippen LogP) is 4.47. The first-order valence-corrected chi connectivity index (χ1v) is 6.65. The fourth-order valence-corrected chi connectivity index (χ4v) is 1.97. The number of halogens is 3. The van der Waals surface area contributed by atoms with Crippen LogP contribution in [-0.4, -0.2) is 12.6 Å². The number of ether oxygens (including phenoxy) is 1. The number of alkyl halides is 3. The van der Waals surface area contributed by atoms with Gasteiger partial charge in [-0.3, -0.25) is 0 Å². The molecule has 21 heavy (non-hydrogen) atoms. The molecule has 0 fully saturated rings. The van der Waals surface area contributed by atoms with Crippen LogP contribution in [0.2, 0.25) is 0 Å². The number of nitrogens with zero attached hydrogens (tertiary/aromatic N) is 1. The third kappa shape index (κ3) is 5.89. The van der Waals surface area contributed by atoms with Crippen LogP contribution < -0.4 is 4.74 Å². The Kier molecular flexibility index (Phi) is 5.25. The van der Waals surface area contributed by atoms with Crippen molar-refractivity contribution in [2.75, 3.05) is 0 Å². The maximum atomic E-state index is 12.1. The van der Waals surface area contributed by atoms with E-state index in [0.717, 1.165) is 24.8 Å². The highest BCUT2D eigenvalue weighted by atomic mass is 19.4. The highest BCUT2D eigenvalue weighted by Crippen LogP contribution is 2.23. The van der Waals surface area contributed by atoms with Crippen LogP contribution in [-0.2, 0) is 11.4 Å². The molecule has 1 radical (unpaired) electrons. The third-order valence-electron chi connectivity index (χ3n) is 2.91. The molecule has 113 valence electrons. The van der Waals surface area contributed by atoms with Crippen molar-refractivity contribution in [1.29, 1.82) is 0 Å². The number of benzene rings is 1. The molecule has 1 aliphatic rings. The van der Waals surface area contributed by atoms with Crippen LogP contribution >= 0.6 is 0 Å². The van der Waals surface area contributed by atoms with Gasteiger partial charge in [-0.05, 0) is 49.0 Å². The van der Waals surface area contributed by atoms with Crippen LogP contribution in [0.5, 0.6) is 5.75 Å². The van der Waals surface area contributed by atoms with Crippen LogP contribution in [0.15, 0.2) is 41.1 Å². The summed E-state index contributed by atoms with van der Waals surface area (Å²) in [7, 11) is 0. The highest BCUT2D eigenvalue weighted by Gasteiger charge is 2.31. The van der Waals surface area contributed by atoms with Gasteiger partial charge in [-0.2, -0.15) is 0 Å². The quantitative estimate of drug-likeness (QED) is 0.593. The van der Waals surface area contributed by atoms with Crippen molar-refractivity contribution in [2.45, 2.75) is 38.7 Å². The molecule has 0 aliphatic heterocycles. The molecule has 1 aromatic carbocycles. The molecule has 0 spiro atoms. The lowest BCUT2D eigenvalue weighted by molar-refractivity contribution is -0.274. The average molecular weight is 298 g/mol. The summed E-state index contributed by atoms with van der Waals surface area (Å²) in [6.07, 6.45) is 4.42. The van der Waals surface area contributed by atoms with Crippen LogP contribution in [0.1, 0.15) is 31.2 Å². The Hall–Kier alpha value is -1.98. The second kappa shape index (κ2) is 7.15. The Balaban J connectivity index is 1.84. The topological polar surface area (TPSA) is 30.8 Å². The van der Waals surface area contributed by atoms with Gasteiger partial charge in [-0.1, -0.05) is 23.4 Å². The summed E-state index contributed by atoms with van der Waals surface area (Å²) >= 11 is 0. The monoisotopic (exact) mass is 298 g/mol. The molecule has 3 nitrogen and oxygen atoms in total. The fraction of sp³-hybridized carbons (Fsp3) is 0.400. The maximum absolute atomic E-state index is 12.1. The summed E-state index contributed by atoms with van der Waals surface area (Å²) in [5.41, 5.74) is 1.55. The van der Waals surface area contributed by atoms with E-state index in [9.17, 15) is 13.2 Å². The van der Waals surface area contributed by atoms with Gasteiger partial charge in [0.05, 0.1) is 0 Å². The molecule has 1 aromatic rings. The number of rotatable bonds is 5. The summed E-state index contributed by atoms with van der Waals surface area (Å²) in [5.74, 6) is -0.272. The van der Waals surface area contributed by atoms with E-state index in [1.54, 1.807) is 6.07 Å². The van der Waals surface area contributed by atoms with Crippen molar-refractivity contribution in [2.24, 2.45) is 5.16 Å². The van der Waals surface area contributed by atoms with E-state index in [1.165, 1.54) is 24.6 Å². The lowest BCUT2D eigenvalue weighted by Gasteiger charge is -2.09. The minimum atomic E-state index is -4.70. The molecule has 0 amide bonds. The molecule has 0 saturated carbocycles. The molecule has 6 heteroatoms. The zero-order valence-electron chi connectivity index (χ0n) is 11.3. The van der Waals surface area contributed by atoms with Crippen LogP contribution in [0.25, 0.3) is 0 Å². The molecule has 2 rings (SSSR count). The van der Waals surface area contributed by atoms with Gasteiger partial charge in [0.1, 0.15) is 18.6 Å². The molecular formula is C15H15F3NO2. The normalized spacial score (nSPS) is 15.9. The van der Waals surface area contributed by atoms with E-state index in [2.05, 4.69) is 22.2 Å². The van der Waals surface area contributed by atoms with E-state index in [0.29, 0.717) is 5.56 Å². The molecule has 0 N–H and O–H groups in total. The molecule has 0 heterocycles. The highest BCUT2D eigenvalue weighted by molar-refractivity contribution is 5.78. The van der Waals surface area contributed by atoms with Crippen LogP contribution in [0, 0.1) is 0 Å². The molecular weight excluding hydrogens is 283 g/mol. The van der Waals surface area contributed by atoms with E-state index < -0.39 is 6.36 Å². The minimum absolute atomic E-state index is 0.0648. The van der Waals surface area contributed by atoms with Gasteiger partial charge < -0.3 is 9.57 Å². The average Bonchev–Trinajstić information content (AvgIpc) is 2.43. The summed E-state index contributed by atoms with van der Waals surface area (Å²) < 4.78 is 40.1. The Labute approximate surface area is 121 Å². The molecule has 0 aromatic heterocycles. The van der Waals surface area contributed by atoms with Crippen molar-refractivity contribution >= 4 is 6.21 Å². The lowest BCUT2D eigenvalue weighted by atomic mass is 10.0. The molecule has 0 unspecified atom stereocenters. The third-order valence-corrected chi connectivity index (χ3v) is 2.91. The van der Waals surface area contributed by atoms with Crippen LogP contribution in [0.4, 0.5) is 13.2 Å². The zero-order valence-corrected chi connectivity index (χ0v) is 11.3. The number of hydrogen-bond acceptors (Lipinski definition) is 3. The van der Waals surface area contributed by atoms with Crippen molar-refractivity contribution < 1.29 is 22.7 Å². The first kappa shape index (κ1) is 15.4. The van der Waals surface area contributed by atoms with Gasteiger partial charge in [0.25, 0.3) is 0 Å². The van der Waals surface area contributed by atoms with Crippen molar-refractivity contribution in [3.8, 4) is 5.75 Å². The lowest BCUT2D eigenvalue weighted by Crippen LogP contribution is -2.17. The van der Waals surface area contributed by atoms with Crippen molar-refractivity contribution in [3.05, 3.63) is 41.5 Å². The molecule has 0 bridgehead atoms. The largest absolute Gasteiger partial charge is 0.573 e. The summed E-state index contributed by atoms with van der Waals surface area (Å²) in [4.78, 5) is 5.04. The molecule has 0 saturated heterocycles. The van der Waals surface area contributed by atoms with Gasteiger partial charge in [0.2, 0.25) is 0 Å². The molecule has 0 atom stereocenters. The van der Waals surface area contributed by atoms with E-state index >= 15 is 0 Å². The maximum Gasteiger partial charge on any atom is 0.573 e. The Morgan fingerprint density at radius 1 is 1.24 bits per heavy atom. The van der Waals surface area contributed by atoms with E-state index in [1.807, 2.05) is 0 Å². The standard InChI is InChI=1S/C15H15F3NO2/c16-15(17,18)21-14-8-4-7-13(9-14)11-20-19-10-12-5-2-1-3-6-12/h4-5,7-9H,1-3,6,11H2. The van der Waals surface area contributed by atoms with Gasteiger partial charge in [-0.15, -0.1) is 13.2 Å². The minimum Gasteiger partial charge on any atom is -0.406 e. The Morgan fingerprint density at radius 2 is 2.10 bits per heavy atom. The number of allylic oxidation sites excluding steroid dienone is 2. The van der Waals surface area contributed by atoms with Crippen LogP contribution in [0.3, 0.4) is 0 Å². The summed E-state index contributed by atoms with van der Waals surface area (Å²) in [5, 5.41) is 3.71. The van der Waals surface area contributed by atoms with Crippen molar-refractivity contribution in [3.63, 3.8) is 0 Å². The Morgan fingerprint density at radius 3 is 2.81 bits per heavy atom. The van der Waals surface area contributed by atoms with Gasteiger partial charge >= 0.3 is 6.36 Å². The summed E-state index contributed by atoms with van der Waals surface area (Å²) in [6, 6.07) is 5.61. The second-order valence-corrected chi connectivity index (χ2v) is 4.65. The predicted molar refractivity (Wildman–Crippen MR) is 71.9 cm³/mol. The Bertz CT molecular complexity index is 524. The second-order valence-electron chi connectivity index (χ2n) is 4.65. The first-order valence-electron chi connectivity index (χ1n) is 6.65. The van der Waals surface area contributed by atoms with Crippen molar-refractivity contribution in [1.82, 2.24) is 0 Å². The van der Waals surface area contributed by atoms with Gasteiger partial charge in [0, 0.05) is 0 Å². The summed E-state index contributed by atoms with van der Waals surface area (Å²) in [6.45, 7) is 0.0648. The van der Waals surface area contributed by atoms with Gasteiger partial charge in [-0.25, -0.2) is 0 Å². The van der Waals surface area contributed by atoms with Gasteiger partial charge in [0.15, 0.2) is 0 Å². The number of hydrogen-bond donors (Lipinski definition) is 0. The van der Waals surface area contributed by atoms with E-state index in [-0.39, 0.29) is 12.4 Å².